The molecule has 1 aliphatic rings. The minimum atomic E-state index is -0.498. The van der Waals surface area contributed by atoms with Gasteiger partial charge in [-0.3, -0.25) is 0 Å². The first-order valence-electron chi connectivity index (χ1n) is 7.99. The molecule has 21 heavy (non-hydrogen) atoms. The summed E-state index contributed by atoms with van der Waals surface area (Å²) in [6.45, 7) is 7.36. The smallest absolute Gasteiger partial charge is 0.129 e. The summed E-state index contributed by atoms with van der Waals surface area (Å²) in [5, 5.41) is 3.59. The highest BCUT2D eigenvalue weighted by atomic mass is 19.1. The topological polar surface area (TPSA) is 12.0 Å². The van der Waals surface area contributed by atoms with E-state index in [1.807, 2.05) is 0 Å². The molecule has 0 atom stereocenters. The fraction of sp³-hybridized carbons (Fsp3) is 0.667. The SMILES string of the molecule is CC(C)(C)NCC1(Cc2ccc(F)cc2F)CCCCC1. The van der Waals surface area contributed by atoms with Gasteiger partial charge in [0.2, 0.25) is 0 Å². The quantitative estimate of drug-likeness (QED) is 0.837. The molecule has 0 aromatic heterocycles. The number of benzene rings is 1. The van der Waals surface area contributed by atoms with Crippen molar-refractivity contribution in [2.24, 2.45) is 5.41 Å². The summed E-state index contributed by atoms with van der Waals surface area (Å²) in [6, 6.07) is 3.98. The van der Waals surface area contributed by atoms with Gasteiger partial charge in [-0.2, -0.15) is 0 Å². The molecule has 1 aromatic rings. The van der Waals surface area contributed by atoms with E-state index in [-0.39, 0.29) is 11.0 Å². The predicted octanol–water partition coefficient (Wildman–Crippen LogP) is 4.85. The van der Waals surface area contributed by atoms with Crippen molar-refractivity contribution in [1.82, 2.24) is 5.32 Å². The van der Waals surface area contributed by atoms with E-state index in [9.17, 15) is 8.78 Å². The van der Waals surface area contributed by atoms with Crippen molar-refractivity contribution in [2.75, 3.05) is 6.54 Å². The second kappa shape index (κ2) is 6.43. The minimum Gasteiger partial charge on any atom is -0.312 e. The molecule has 0 radical (unpaired) electrons. The van der Waals surface area contributed by atoms with Gasteiger partial charge in [-0.05, 0) is 57.1 Å². The maximum absolute atomic E-state index is 14.0. The Morgan fingerprint density at radius 3 is 2.33 bits per heavy atom. The van der Waals surface area contributed by atoms with E-state index < -0.39 is 11.6 Å². The summed E-state index contributed by atoms with van der Waals surface area (Å²) in [5.41, 5.74) is 0.810. The fourth-order valence-corrected chi connectivity index (χ4v) is 3.24. The van der Waals surface area contributed by atoms with Crippen molar-refractivity contribution in [1.29, 1.82) is 0 Å². The molecule has 3 heteroatoms. The van der Waals surface area contributed by atoms with Crippen LogP contribution in [0.25, 0.3) is 0 Å². The van der Waals surface area contributed by atoms with E-state index in [1.54, 1.807) is 6.07 Å². The maximum Gasteiger partial charge on any atom is 0.129 e. The largest absolute Gasteiger partial charge is 0.312 e. The molecular formula is C18H27F2N. The third-order valence-electron chi connectivity index (χ3n) is 4.49. The van der Waals surface area contributed by atoms with Crippen molar-refractivity contribution >= 4 is 0 Å². The average molecular weight is 295 g/mol. The zero-order chi connectivity index (χ0) is 15.5. The Morgan fingerprint density at radius 1 is 1.10 bits per heavy atom. The third-order valence-corrected chi connectivity index (χ3v) is 4.49. The number of rotatable bonds is 4. The number of hydrogen-bond acceptors (Lipinski definition) is 1. The molecule has 2 rings (SSSR count). The van der Waals surface area contributed by atoms with Crippen LogP contribution in [0.3, 0.4) is 0 Å². The molecule has 1 saturated carbocycles. The lowest BCUT2D eigenvalue weighted by Crippen LogP contribution is -2.45. The lowest BCUT2D eigenvalue weighted by atomic mass is 9.70. The molecular weight excluding hydrogens is 268 g/mol. The average Bonchev–Trinajstić information content (AvgIpc) is 2.41. The highest BCUT2D eigenvalue weighted by Crippen LogP contribution is 2.39. The van der Waals surface area contributed by atoms with Gasteiger partial charge < -0.3 is 5.32 Å². The Balaban J connectivity index is 2.15. The van der Waals surface area contributed by atoms with Crippen molar-refractivity contribution in [3.8, 4) is 0 Å². The molecule has 1 N–H and O–H groups in total. The van der Waals surface area contributed by atoms with Crippen molar-refractivity contribution in [3.63, 3.8) is 0 Å². The maximum atomic E-state index is 14.0. The van der Waals surface area contributed by atoms with E-state index in [0.29, 0.717) is 12.0 Å². The normalized spacial score (nSPS) is 18.7. The van der Waals surface area contributed by atoms with E-state index in [1.165, 1.54) is 25.3 Å². The van der Waals surface area contributed by atoms with Gasteiger partial charge in [-0.15, -0.1) is 0 Å². The van der Waals surface area contributed by atoms with Gasteiger partial charge in [0.05, 0.1) is 0 Å². The first kappa shape index (κ1) is 16.4. The van der Waals surface area contributed by atoms with Gasteiger partial charge in [0.1, 0.15) is 11.6 Å². The first-order chi connectivity index (χ1) is 9.80. The van der Waals surface area contributed by atoms with Crippen LogP contribution < -0.4 is 5.32 Å². The molecule has 0 heterocycles. The number of nitrogens with one attached hydrogen (secondary N) is 1. The van der Waals surface area contributed by atoms with Gasteiger partial charge in [0, 0.05) is 18.2 Å². The summed E-state index contributed by atoms with van der Waals surface area (Å²) >= 11 is 0. The van der Waals surface area contributed by atoms with Crippen LogP contribution in [0.5, 0.6) is 0 Å². The summed E-state index contributed by atoms with van der Waals surface area (Å²) < 4.78 is 27.1. The van der Waals surface area contributed by atoms with Gasteiger partial charge in [0.15, 0.2) is 0 Å². The van der Waals surface area contributed by atoms with Crippen LogP contribution in [0.15, 0.2) is 18.2 Å². The summed E-state index contributed by atoms with van der Waals surface area (Å²) in [4.78, 5) is 0. The van der Waals surface area contributed by atoms with Crippen molar-refractivity contribution in [3.05, 3.63) is 35.4 Å². The minimum absolute atomic E-state index is 0.0613. The van der Waals surface area contributed by atoms with Crippen molar-refractivity contribution < 1.29 is 8.78 Å². The van der Waals surface area contributed by atoms with E-state index in [4.69, 9.17) is 0 Å². The number of halogens is 2. The zero-order valence-corrected chi connectivity index (χ0v) is 13.4. The molecule has 118 valence electrons. The Bertz CT molecular complexity index is 471. The van der Waals surface area contributed by atoms with Crippen LogP contribution >= 0.6 is 0 Å². The summed E-state index contributed by atoms with van der Waals surface area (Å²) in [5.74, 6) is -0.905. The van der Waals surface area contributed by atoms with Gasteiger partial charge in [0.25, 0.3) is 0 Å². The van der Waals surface area contributed by atoms with Gasteiger partial charge >= 0.3 is 0 Å². The van der Waals surface area contributed by atoms with E-state index in [2.05, 4.69) is 26.1 Å². The van der Waals surface area contributed by atoms with Crippen LogP contribution in [-0.4, -0.2) is 12.1 Å². The molecule has 0 spiro atoms. The van der Waals surface area contributed by atoms with Crippen LogP contribution in [0, 0.1) is 17.0 Å². The molecule has 1 aliphatic carbocycles. The molecule has 0 unspecified atom stereocenters. The summed E-state index contributed by atoms with van der Waals surface area (Å²) in [7, 11) is 0. The highest BCUT2D eigenvalue weighted by molar-refractivity contribution is 5.20. The first-order valence-corrected chi connectivity index (χ1v) is 7.99. The lowest BCUT2D eigenvalue weighted by molar-refractivity contribution is 0.164. The zero-order valence-electron chi connectivity index (χ0n) is 13.4. The molecule has 1 nitrogen and oxygen atoms in total. The predicted molar refractivity (Wildman–Crippen MR) is 83.3 cm³/mol. The summed E-state index contributed by atoms with van der Waals surface area (Å²) in [6.07, 6.45) is 6.61. The van der Waals surface area contributed by atoms with E-state index in [0.717, 1.165) is 25.5 Å². The van der Waals surface area contributed by atoms with E-state index >= 15 is 0 Å². The molecule has 0 amide bonds. The van der Waals surface area contributed by atoms with Gasteiger partial charge in [-0.25, -0.2) is 8.78 Å². The molecule has 1 fully saturated rings. The Labute approximate surface area is 127 Å². The lowest BCUT2D eigenvalue weighted by Gasteiger charge is -2.40. The van der Waals surface area contributed by atoms with Crippen LogP contribution in [-0.2, 0) is 6.42 Å². The highest BCUT2D eigenvalue weighted by Gasteiger charge is 2.33. The monoisotopic (exact) mass is 295 g/mol. The van der Waals surface area contributed by atoms with Gasteiger partial charge in [-0.1, -0.05) is 25.3 Å². The van der Waals surface area contributed by atoms with Crippen LogP contribution in [0.4, 0.5) is 8.78 Å². The molecule has 0 saturated heterocycles. The second-order valence-electron chi connectivity index (χ2n) is 7.58. The molecule has 0 bridgehead atoms. The molecule has 0 aliphatic heterocycles. The Hall–Kier alpha value is -0.960. The van der Waals surface area contributed by atoms with Crippen LogP contribution in [0.1, 0.15) is 58.4 Å². The Morgan fingerprint density at radius 2 is 1.76 bits per heavy atom. The standard InChI is InChI=1S/C18H27F2N/c1-17(2,3)21-13-18(9-5-4-6-10-18)12-14-7-8-15(19)11-16(14)20/h7-8,11,21H,4-6,9-10,12-13H2,1-3H3. The van der Waals surface area contributed by atoms with Crippen LogP contribution in [0.2, 0.25) is 0 Å². The second-order valence-corrected chi connectivity index (χ2v) is 7.58. The Kier molecular flexibility index (Phi) is 5.03. The third kappa shape index (κ3) is 4.77. The number of hydrogen-bond donors (Lipinski definition) is 1. The van der Waals surface area contributed by atoms with Crippen molar-refractivity contribution in [2.45, 2.75) is 64.8 Å². The fourth-order valence-electron chi connectivity index (χ4n) is 3.24. The molecule has 1 aromatic carbocycles.